The molecule has 2 aromatic rings. The van der Waals surface area contributed by atoms with E-state index in [9.17, 15) is 14.4 Å². The van der Waals surface area contributed by atoms with E-state index >= 15 is 0 Å². The molecule has 0 radical (unpaired) electrons. The highest BCUT2D eigenvalue weighted by Crippen LogP contribution is 2.13. The van der Waals surface area contributed by atoms with Crippen LogP contribution in [0.2, 0.25) is 0 Å². The molecule has 0 saturated carbocycles. The minimum absolute atomic E-state index is 0.0930. The minimum atomic E-state index is -0.108. The van der Waals surface area contributed by atoms with Crippen molar-refractivity contribution in [2.45, 2.75) is 45.1 Å². The van der Waals surface area contributed by atoms with E-state index in [1.807, 2.05) is 10.3 Å². The van der Waals surface area contributed by atoms with Gasteiger partial charge in [-0.25, -0.2) is 4.98 Å². The summed E-state index contributed by atoms with van der Waals surface area (Å²) in [6.45, 7) is 2.37. The predicted octanol–water partition coefficient (Wildman–Crippen LogP) is 1.76. The van der Waals surface area contributed by atoms with Gasteiger partial charge in [-0.15, -0.1) is 11.3 Å². The van der Waals surface area contributed by atoms with Crippen LogP contribution < -0.4 is 10.9 Å². The molecule has 8 heteroatoms. The summed E-state index contributed by atoms with van der Waals surface area (Å²) in [7, 11) is 0. The highest BCUT2D eigenvalue weighted by molar-refractivity contribution is 7.16. The van der Waals surface area contributed by atoms with Crippen molar-refractivity contribution in [1.82, 2.24) is 19.8 Å². The van der Waals surface area contributed by atoms with Gasteiger partial charge >= 0.3 is 0 Å². The molecule has 7 nitrogen and oxygen atoms in total. The van der Waals surface area contributed by atoms with Gasteiger partial charge in [0.2, 0.25) is 11.8 Å². The van der Waals surface area contributed by atoms with Crippen LogP contribution in [-0.4, -0.2) is 45.9 Å². The first-order valence-corrected chi connectivity index (χ1v) is 10.0. The fourth-order valence-corrected chi connectivity index (χ4v) is 3.86. The average molecular weight is 376 g/mol. The Kier molecular flexibility index (Phi) is 6.38. The number of rotatable bonds is 7. The van der Waals surface area contributed by atoms with Crippen molar-refractivity contribution in [2.75, 3.05) is 19.6 Å². The third-order valence-corrected chi connectivity index (χ3v) is 5.45. The van der Waals surface area contributed by atoms with Gasteiger partial charge in [0.1, 0.15) is 4.83 Å². The lowest BCUT2D eigenvalue weighted by molar-refractivity contribution is -0.130. The molecule has 2 amide bonds. The fourth-order valence-electron chi connectivity index (χ4n) is 3.14. The molecule has 1 fully saturated rings. The first-order chi connectivity index (χ1) is 12.6. The molecule has 1 aliphatic rings. The molecule has 2 aromatic heterocycles. The quantitative estimate of drug-likeness (QED) is 0.746. The smallest absolute Gasteiger partial charge is 0.262 e. The number of hydrogen-bond acceptors (Lipinski definition) is 5. The van der Waals surface area contributed by atoms with Gasteiger partial charge in [-0.05, 0) is 30.7 Å². The summed E-state index contributed by atoms with van der Waals surface area (Å²) in [6, 6.07) is 1.76. The van der Waals surface area contributed by atoms with Crippen molar-refractivity contribution in [3.8, 4) is 0 Å². The maximum Gasteiger partial charge on any atom is 0.262 e. The Balaban J connectivity index is 1.39. The molecule has 140 valence electrons. The van der Waals surface area contributed by atoms with Gasteiger partial charge in [-0.2, -0.15) is 0 Å². The fraction of sp³-hybridized carbons (Fsp3) is 0.556. The zero-order valence-corrected chi connectivity index (χ0v) is 15.6. The summed E-state index contributed by atoms with van der Waals surface area (Å²) in [6.07, 6.45) is 6.29. The summed E-state index contributed by atoms with van der Waals surface area (Å²) in [5.41, 5.74) is -0.108. The zero-order chi connectivity index (χ0) is 18.4. The number of fused-ring (bicyclic) bond motifs is 1. The molecule has 0 unspecified atom stereocenters. The summed E-state index contributed by atoms with van der Waals surface area (Å²) < 4.78 is 1.48. The van der Waals surface area contributed by atoms with Crippen LogP contribution in [-0.2, 0) is 16.1 Å². The monoisotopic (exact) mass is 376 g/mol. The van der Waals surface area contributed by atoms with E-state index in [1.165, 1.54) is 22.2 Å². The van der Waals surface area contributed by atoms with Crippen molar-refractivity contribution in [2.24, 2.45) is 0 Å². The van der Waals surface area contributed by atoms with Gasteiger partial charge in [-0.1, -0.05) is 6.42 Å². The van der Waals surface area contributed by atoms with E-state index in [4.69, 9.17) is 0 Å². The molecule has 0 aromatic carbocycles. The molecule has 1 saturated heterocycles. The second-order valence-electron chi connectivity index (χ2n) is 6.53. The number of amides is 2. The van der Waals surface area contributed by atoms with Gasteiger partial charge in [0.15, 0.2) is 0 Å². The highest BCUT2D eigenvalue weighted by Gasteiger charge is 2.15. The number of aromatic nitrogens is 2. The van der Waals surface area contributed by atoms with Crippen LogP contribution in [0.5, 0.6) is 0 Å². The van der Waals surface area contributed by atoms with E-state index in [2.05, 4.69) is 10.3 Å². The number of nitrogens with one attached hydrogen (secondary N) is 1. The van der Waals surface area contributed by atoms with E-state index in [1.54, 1.807) is 6.07 Å². The number of carbonyl (C=O) groups is 2. The van der Waals surface area contributed by atoms with E-state index in [0.29, 0.717) is 31.4 Å². The standard InChI is InChI=1S/C18H24N4O3S/c23-15(19-8-4-10-21-9-3-1-2-5-16(21)24)6-11-22-13-20-17-14(18(22)25)7-12-26-17/h7,12-13H,1-6,8-11H2,(H,19,23). The van der Waals surface area contributed by atoms with Crippen LogP contribution in [0.3, 0.4) is 0 Å². The second kappa shape index (κ2) is 8.93. The van der Waals surface area contributed by atoms with Gasteiger partial charge in [0.25, 0.3) is 5.56 Å². The number of aryl methyl sites for hydroxylation is 1. The van der Waals surface area contributed by atoms with Crippen molar-refractivity contribution in [1.29, 1.82) is 0 Å². The summed E-state index contributed by atoms with van der Waals surface area (Å²) in [5.74, 6) is 0.133. The Morgan fingerprint density at radius 1 is 1.23 bits per heavy atom. The van der Waals surface area contributed by atoms with Crippen molar-refractivity contribution >= 4 is 33.4 Å². The molecular formula is C18H24N4O3S. The number of hydrogen-bond donors (Lipinski definition) is 1. The highest BCUT2D eigenvalue weighted by atomic mass is 32.1. The van der Waals surface area contributed by atoms with Gasteiger partial charge in [0, 0.05) is 39.0 Å². The summed E-state index contributed by atoms with van der Waals surface area (Å²) in [5, 5.41) is 5.30. The Labute approximate surface area is 156 Å². The van der Waals surface area contributed by atoms with Crippen LogP contribution in [0.1, 0.15) is 38.5 Å². The van der Waals surface area contributed by atoms with Gasteiger partial charge < -0.3 is 10.2 Å². The van der Waals surface area contributed by atoms with Crippen LogP contribution in [0.25, 0.3) is 10.2 Å². The maximum atomic E-state index is 12.3. The maximum absolute atomic E-state index is 12.3. The third-order valence-electron chi connectivity index (χ3n) is 4.63. The Hall–Kier alpha value is -2.22. The second-order valence-corrected chi connectivity index (χ2v) is 7.42. The topological polar surface area (TPSA) is 84.3 Å². The van der Waals surface area contributed by atoms with Gasteiger partial charge in [-0.3, -0.25) is 19.0 Å². The third kappa shape index (κ3) is 4.69. The molecule has 3 rings (SSSR count). The van der Waals surface area contributed by atoms with E-state index < -0.39 is 0 Å². The molecule has 1 N–H and O–H groups in total. The number of nitrogens with zero attached hydrogens (tertiary/aromatic N) is 3. The number of thiophene rings is 1. The molecule has 0 spiro atoms. The van der Waals surface area contributed by atoms with Crippen LogP contribution in [0.15, 0.2) is 22.6 Å². The van der Waals surface area contributed by atoms with E-state index in [-0.39, 0.29) is 23.8 Å². The Morgan fingerprint density at radius 3 is 3.00 bits per heavy atom. The van der Waals surface area contributed by atoms with Crippen LogP contribution in [0.4, 0.5) is 0 Å². The van der Waals surface area contributed by atoms with Gasteiger partial charge in [0.05, 0.1) is 11.7 Å². The van der Waals surface area contributed by atoms with Crippen molar-refractivity contribution < 1.29 is 9.59 Å². The van der Waals surface area contributed by atoms with Crippen LogP contribution in [0, 0.1) is 0 Å². The predicted molar refractivity (Wildman–Crippen MR) is 101 cm³/mol. The lowest BCUT2D eigenvalue weighted by atomic mass is 10.2. The largest absolute Gasteiger partial charge is 0.356 e. The number of likely N-dealkylation sites (tertiary alicyclic amines) is 1. The molecule has 26 heavy (non-hydrogen) atoms. The van der Waals surface area contributed by atoms with Crippen molar-refractivity contribution in [3.05, 3.63) is 28.1 Å². The Bertz CT molecular complexity index is 829. The summed E-state index contributed by atoms with van der Waals surface area (Å²) >= 11 is 1.43. The number of carbonyl (C=O) groups excluding carboxylic acids is 2. The zero-order valence-electron chi connectivity index (χ0n) is 14.8. The normalized spacial score (nSPS) is 15.2. The lowest BCUT2D eigenvalue weighted by Crippen LogP contribution is -2.34. The molecule has 0 aliphatic carbocycles. The average Bonchev–Trinajstić information content (AvgIpc) is 3.03. The molecule has 3 heterocycles. The van der Waals surface area contributed by atoms with E-state index in [0.717, 1.165) is 37.1 Å². The first-order valence-electron chi connectivity index (χ1n) is 9.12. The Morgan fingerprint density at radius 2 is 2.12 bits per heavy atom. The molecule has 1 aliphatic heterocycles. The molecule has 0 bridgehead atoms. The first kappa shape index (κ1) is 18.6. The lowest BCUT2D eigenvalue weighted by Gasteiger charge is -2.20. The molecular weight excluding hydrogens is 352 g/mol. The van der Waals surface area contributed by atoms with Crippen molar-refractivity contribution in [3.63, 3.8) is 0 Å². The minimum Gasteiger partial charge on any atom is -0.356 e. The van der Waals surface area contributed by atoms with Crippen LogP contribution >= 0.6 is 11.3 Å². The molecule has 0 atom stereocenters. The summed E-state index contributed by atoms with van der Waals surface area (Å²) in [4.78, 5) is 43.0. The SMILES string of the molecule is O=C(CCn1cnc2sccc2c1=O)NCCCN1CCCCCC1=O.